The maximum absolute atomic E-state index is 13.2. The van der Waals surface area contributed by atoms with Crippen molar-refractivity contribution in [3.63, 3.8) is 0 Å². The molecule has 80 heavy (non-hydrogen) atoms. The minimum Gasteiger partial charge on any atom is -1.00 e. The molecule has 0 bridgehead atoms. The number of ether oxygens (including phenoxy) is 12. The number of quaternary nitrogens is 2. The van der Waals surface area contributed by atoms with Gasteiger partial charge in [0.1, 0.15) is 12.1 Å². The van der Waals surface area contributed by atoms with E-state index in [0.717, 1.165) is 70.2 Å². The third-order valence-corrected chi connectivity index (χ3v) is 16.0. The van der Waals surface area contributed by atoms with E-state index in [1.807, 2.05) is 42.5 Å². The van der Waals surface area contributed by atoms with Crippen molar-refractivity contribution in [1.82, 2.24) is 0 Å². The zero-order valence-corrected chi connectivity index (χ0v) is 50.3. The lowest BCUT2D eigenvalue weighted by atomic mass is 9.86. The molecule has 2 heterocycles. The van der Waals surface area contributed by atoms with Crippen LogP contribution in [0, 0.1) is 0 Å². The number of carbonyl (C=O) groups excluding carboxylic acids is 2. The number of rotatable bonds is 28. The maximum atomic E-state index is 13.2. The van der Waals surface area contributed by atoms with Gasteiger partial charge in [0.2, 0.25) is 11.5 Å². The maximum Gasteiger partial charge on any atom is 0.306 e. The molecule has 0 spiro atoms. The molecule has 4 atom stereocenters. The van der Waals surface area contributed by atoms with Crippen molar-refractivity contribution in [1.29, 1.82) is 0 Å². The van der Waals surface area contributed by atoms with Gasteiger partial charge < -0.3 is 90.6 Å². The van der Waals surface area contributed by atoms with Gasteiger partial charge in [0.25, 0.3) is 0 Å². The summed E-state index contributed by atoms with van der Waals surface area (Å²) in [5, 5.41) is 0. The van der Waals surface area contributed by atoms with Crippen LogP contribution < -0.4 is 72.2 Å². The molecule has 0 radical (unpaired) electrons. The lowest BCUT2D eigenvalue weighted by Crippen LogP contribution is -3.00. The van der Waals surface area contributed by atoms with Crippen LogP contribution in [0.2, 0.25) is 0 Å². The summed E-state index contributed by atoms with van der Waals surface area (Å²) in [6.45, 7) is 4.00. The zero-order valence-electron chi connectivity index (χ0n) is 48.8. The summed E-state index contributed by atoms with van der Waals surface area (Å²) >= 11 is 0. The van der Waals surface area contributed by atoms with Crippen molar-refractivity contribution in [2.75, 3.05) is 125 Å². The Morgan fingerprint density at radius 3 is 1.10 bits per heavy atom. The number of carbonyl (C=O) groups is 2. The third kappa shape index (κ3) is 15.1. The summed E-state index contributed by atoms with van der Waals surface area (Å²) in [5.41, 5.74) is 8.96. The SMILES string of the molecule is COc1cc2c(cc1OC)C(Cc1cc(OC)c(OC)c(OC)c1)[N+](C)(CCCOC(=O)CCc1cccc(CCC(=O)OCCC[N+]3(C)CCc4cc(OC)c(OC)cc4C3Cc3cc(OC)c(OC)c(OC)c3)c1)CC2.[Cl-].[Cl-]. The summed E-state index contributed by atoms with van der Waals surface area (Å²) in [6.07, 6.45) is 6.08. The van der Waals surface area contributed by atoms with Crippen LogP contribution in [0.15, 0.2) is 72.8 Å². The fourth-order valence-electron chi connectivity index (χ4n) is 11.6. The van der Waals surface area contributed by atoms with Crippen molar-refractivity contribution >= 4 is 11.9 Å². The summed E-state index contributed by atoms with van der Waals surface area (Å²) in [6, 6.07) is 24.6. The molecule has 0 saturated heterocycles. The van der Waals surface area contributed by atoms with Crippen molar-refractivity contribution in [2.24, 2.45) is 0 Å². The Morgan fingerprint density at radius 2 is 0.775 bits per heavy atom. The molecule has 5 aromatic rings. The number of nitrogens with zero attached hydrogens (tertiary/aromatic N) is 2. The van der Waals surface area contributed by atoms with Crippen molar-refractivity contribution in [3.05, 3.63) is 117 Å². The lowest BCUT2D eigenvalue weighted by molar-refractivity contribution is -0.941. The van der Waals surface area contributed by atoms with Crippen molar-refractivity contribution < 1.29 is 100 Å². The summed E-state index contributed by atoms with van der Waals surface area (Å²) < 4.78 is 70.2. The molecule has 18 heteroatoms. The molecule has 0 aliphatic carbocycles. The number of benzene rings is 5. The Morgan fingerprint density at radius 1 is 0.438 bits per heavy atom. The quantitative estimate of drug-likeness (QED) is 0.0410. The van der Waals surface area contributed by atoms with E-state index in [4.69, 9.17) is 56.8 Å². The predicted molar refractivity (Wildman–Crippen MR) is 298 cm³/mol. The predicted octanol–water partition coefficient (Wildman–Crippen LogP) is 3.49. The van der Waals surface area contributed by atoms with Crippen LogP contribution in [0.4, 0.5) is 0 Å². The number of esters is 2. The molecular weight excluding hydrogens is 1070 g/mol. The first-order chi connectivity index (χ1) is 37.7. The van der Waals surface area contributed by atoms with Crippen molar-refractivity contribution in [3.8, 4) is 57.5 Å². The van der Waals surface area contributed by atoms with E-state index in [0.29, 0.717) is 109 Å². The van der Waals surface area contributed by atoms with Gasteiger partial charge in [-0.25, -0.2) is 0 Å². The van der Waals surface area contributed by atoms with Gasteiger partial charge in [-0.1, -0.05) is 24.3 Å². The largest absolute Gasteiger partial charge is 1.00 e. The number of hydrogen-bond donors (Lipinski definition) is 0. The number of likely N-dealkylation sites (N-methyl/N-ethyl adjacent to an activating group) is 2. The standard InChI is InChI=1S/C62H82N2O14.2ClH/c1-63(26-22-45-37-51(67-3)53(69-5)39-47(45)49(63)31-43-33-55(71-7)61(75-11)56(34-43)72-8)24-14-28-77-59(65)20-18-41-16-13-17-42(30-41)19-21-60(66)78-29-15-25-64(2)27-23-46-38-52(68-4)54(70-6)40-48(46)50(64)32-44-35-57(73-9)62(76-12)58(36-44)74-10;;/h13,16-17,30,33-40,49-50H,14-15,18-29,31-32H2,1-12H3;2*1H/q+2;;/p-2. The van der Waals surface area contributed by atoms with Crippen LogP contribution in [-0.2, 0) is 57.6 Å². The number of halogens is 2. The van der Waals surface area contributed by atoms with Gasteiger partial charge in [0.05, 0.1) is 125 Å². The molecule has 4 unspecified atom stereocenters. The normalized spacial score (nSPS) is 17.9. The highest BCUT2D eigenvalue weighted by Gasteiger charge is 2.42. The Bertz CT molecular complexity index is 2630. The van der Waals surface area contributed by atoms with Crippen LogP contribution in [0.3, 0.4) is 0 Å². The molecule has 5 aromatic carbocycles. The molecule has 438 valence electrons. The highest BCUT2D eigenvalue weighted by atomic mass is 35.5. The first-order valence-corrected chi connectivity index (χ1v) is 26.9. The van der Waals surface area contributed by atoms with Crippen LogP contribution in [0.1, 0.15) is 82.3 Å². The lowest BCUT2D eigenvalue weighted by Gasteiger charge is -2.46. The first-order valence-electron chi connectivity index (χ1n) is 26.9. The highest BCUT2D eigenvalue weighted by Crippen LogP contribution is 2.47. The molecule has 0 fully saturated rings. The van der Waals surface area contributed by atoms with E-state index in [-0.39, 0.29) is 61.7 Å². The van der Waals surface area contributed by atoms with E-state index in [2.05, 4.69) is 44.4 Å². The van der Waals surface area contributed by atoms with Gasteiger partial charge in [-0.15, -0.1) is 0 Å². The Labute approximate surface area is 485 Å². The highest BCUT2D eigenvalue weighted by molar-refractivity contribution is 5.70. The minimum atomic E-state index is -0.237. The average Bonchev–Trinajstić information content (AvgIpc) is 3.51. The number of aryl methyl sites for hydroxylation is 2. The molecule has 2 aliphatic heterocycles. The second-order valence-corrected chi connectivity index (χ2v) is 20.6. The van der Waals surface area contributed by atoms with E-state index in [9.17, 15) is 9.59 Å². The van der Waals surface area contributed by atoms with Gasteiger partial charge in [-0.05, 0) is 94.8 Å². The van der Waals surface area contributed by atoms with Gasteiger partial charge in [0.15, 0.2) is 46.0 Å². The fourth-order valence-corrected chi connectivity index (χ4v) is 11.6. The van der Waals surface area contributed by atoms with Crippen LogP contribution in [0.25, 0.3) is 0 Å². The Kier molecular flexibility index (Phi) is 24.0. The van der Waals surface area contributed by atoms with E-state index in [1.165, 1.54) is 22.3 Å². The first kappa shape index (κ1) is 64.4. The van der Waals surface area contributed by atoms with Gasteiger partial charge >= 0.3 is 11.9 Å². The molecule has 7 rings (SSSR count). The monoisotopic (exact) mass is 1150 g/mol. The molecule has 0 saturated carbocycles. The number of methoxy groups -OCH3 is 10. The molecule has 16 nitrogen and oxygen atoms in total. The number of fused-ring (bicyclic) bond motifs is 2. The summed E-state index contributed by atoms with van der Waals surface area (Å²) in [7, 11) is 20.9. The molecule has 2 aliphatic rings. The second kappa shape index (κ2) is 29.8. The number of hydrogen-bond acceptors (Lipinski definition) is 14. The Hall–Kier alpha value is -6.46. The smallest absolute Gasteiger partial charge is 0.306 e. The zero-order chi connectivity index (χ0) is 56.0. The molecule has 0 amide bonds. The van der Waals surface area contributed by atoms with Gasteiger partial charge in [-0.3, -0.25) is 9.59 Å². The molecule has 0 N–H and O–H groups in total. The van der Waals surface area contributed by atoms with Crippen LogP contribution in [-0.4, -0.2) is 145 Å². The van der Waals surface area contributed by atoms with Crippen molar-refractivity contribution in [2.45, 2.75) is 76.3 Å². The Balaban J connectivity index is 0.00000588. The second-order valence-electron chi connectivity index (χ2n) is 20.6. The topological polar surface area (TPSA) is 145 Å². The van der Waals surface area contributed by atoms with E-state index >= 15 is 0 Å². The average molecular weight is 1150 g/mol. The van der Waals surface area contributed by atoms with Gasteiger partial charge in [-0.2, -0.15) is 0 Å². The fraction of sp³-hybridized carbons (Fsp3) is 0.484. The van der Waals surface area contributed by atoms with E-state index < -0.39 is 0 Å². The summed E-state index contributed by atoms with van der Waals surface area (Å²) in [4.78, 5) is 26.3. The summed E-state index contributed by atoms with van der Waals surface area (Å²) in [5.74, 6) is 5.83. The van der Waals surface area contributed by atoms with Gasteiger partial charge in [0, 0.05) is 62.5 Å². The van der Waals surface area contributed by atoms with Crippen LogP contribution in [0.5, 0.6) is 57.5 Å². The van der Waals surface area contributed by atoms with E-state index in [1.54, 1.807) is 71.1 Å². The molecule has 0 aromatic heterocycles. The minimum absolute atomic E-state index is 0. The van der Waals surface area contributed by atoms with Crippen LogP contribution >= 0.6 is 0 Å². The third-order valence-electron chi connectivity index (χ3n) is 16.0. The molecular formula is C62H82Cl2N2O14.